The van der Waals surface area contributed by atoms with E-state index in [0.717, 1.165) is 0 Å². The third-order valence-electron chi connectivity index (χ3n) is 1.08. The third kappa shape index (κ3) is 2.00. The maximum atomic E-state index is 3.66. The highest BCUT2D eigenvalue weighted by Gasteiger charge is 1.93. The zero-order valence-electron chi connectivity index (χ0n) is 6.63. The minimum Gasteiger partial charge on any atom is -0.133 e. The molecule has 0 aliphatic heterocycles. The van der Waals surface area contributed by atoms with Crippen LogP contribution in [0.3, 0.4) is 0 Å². The van der Waals surface area contributed by atoms with E-state index in [0.29, 0.717) is 0 Å². The molecule has 2 aromatic rings. The molecule has 0 radical (unpaired) electrons. The van der Waals surface area contributed by atoms with Gasteiger partial charge in [-0.25, -0.2) is 0 Å². The molecule has 0 unspecified atom stereocenters. The number of nitrogens with zero attached hydrogens (tertiary/aromatic N) is 10. The van der Waals surface area contributed by atoms with Crippen molar-refractivity contribution in [2.75, 3.05) is 0 Å². The quantitative estimate of drug-likeness (QED) is 0.566. The average molecular weight is 190 g/mol. The molecule has 0 fully saturated rings. The van der Waals surface area contributed by atoms with Gasteiger partial charge in [0.15, 0.2) is 0 Å². The Hall–Kier alpha value is -2.52. The van der Waals surface area contributed by atoms with E-state index in [1.807, 2.05) is 0 Å². The second-order valence-electron chi connectivity index (χ2n) is 1.96. The Bertz CT molecular complexity index is 369. The molecule has 0 amide bonds. The molecular weight excluding hydrogens is 188 g/mol. The predicted molar refractivity (Wildman–Crippen MR) is 39.4 cm³/mol. The summed E-state index contributed by atoms with van der Waals surface area (Å²) in [5.74, 6) is 0.442. The van der Waals surface area contributed by atoms with Crippen molar-refractivity contribution in [1.29, 1.82) is 0 Å². The van der Waals surface area contributed by atoms with Crippen molar-refractivity contribution < 1.29 is 0 Å². The molecule has 14 heavy (non-hydrogen) atoms. The molecule has 68 valence electrons. The summed E-state index contributed by atoms with van der Waals surface area (Å²) in [4.78, 5) is 0. The minimum atomic E-state index is 0.221. The van der Waals surface area contributed by atoms with Crippen LogP contribution < -0.4 is 0 Å². The van der Waals surface area contributed by atoms with Crippen LogP contribution in [-0.4, -0.2) is 41.2 Å². The van der Waals surface area contributed by atoms with Gasteiger partial charge in [-0.05, 0) is 20.9 Å². The number of hydrogen-bond donors (Lipinski definition) is 0. The molecular formula is C4H2N10. The van der Waals surface area contributed by atoms with Gasteiger partial charge < -0.3 is 0 Å². The lowest BCUT2D eigenvalue weighted by Gasteiger charge is -1.86. The fourth-order valence-electron chi connectivity index (χ4n) is 0.578. The topological polar surface area (TPSA) is 128 Å². The minimum absolute atomic E-state index is 0.221. The van der Waals surface area contributed by atoms with Crippen LogP contribution in [0, 0.1) is 0 Å². The summed E-state index contributed by atoms with van der Waals surface area (Å²) in [6.45, 7) is 0. The lowest BCUT2D eigenvalue weighted by molar-refractivity contribution is 0.748. The third-order valence-corrected chi connectivity index (χ3v) is 1.08. The largest absolute Gasteiger partial charge is 0.218 e. The zero-order chi connectivity index (χ0) is 9.64. The van der Waals surface area contributed by atoms with Gasteiger partial charge in [0.25, 0.3) is 0 Å². The molecule has 0 aliphatic carbocycles. The SMILES string of the molecule is c1nnnnc1/N=N/c1cnnnn1. The molecule has 0 aromatic carbocycles. The standard InChI is InChI=1S/C4H2N10/c1-3(9-13-11-5-1)7-8-4-2-6-12-14-10-4/h1-2H/b8-7+. The van der Waals surface area contributed by atoms with Crippen LogP contribution in [-0.2, 0) is 0 Å². The molecule has 2 heterocycles. The van der Waals surface area contributed by atoms with Crippen LogP contribution in [0.2, 0.25) is 0 Å². The van der Waals surface area contributed by atoms with Crippen LogP contribution in [0.1, 0.15) is 0 Å². The Morgan fingerprint density at radius 1 is 0.714 bits per heavy atom. The highest BCUT2D eigenvalue weighted by molar-refractivity contribution is 5.21. The first-order valence-corrected chi connectivity index (χ1v) is 3.39. The van der Waals surface area contributed by atoms with Crippen molar-refractivity contribution in [1.82, 2.24) is 41.2 Å². The molecule has 0 saturated carbocycles. The van der Waals surface area contributed by atoms with Crippen LogP contribution in [0.4, 0.5) is 11.6 Å². The Balaban J connectivity index is 2.16. The van der Waals surface area contributed by atoms with Crippen LogP contribution in [0.15, 0.2) is 22.6 Å². The van der Waals surface area contributed by atoms with E-state index in [-0.39, 0.29) is 11.6 Å². The summed E-state index contributed by atoms with van der Waals surface area (Å²) >= 11 is 0. The zero-order valence-corrected chi connectivity index (χ0v) is 6.63. The maximum Gasteiger partial charge on any atom is 0.218 e. The fourth-order valence-corrected chi connectivity index (χ4v) is 0.578. The Morgan fingerprint density at radius 3 is 1.57 bits per heavy atom. The van der Waals surface area contributed by atoms with Crippen molar-refractivity contribution in [3.05, 3.63) is 12.4 Å². The summed E-state index contributed by atoms with van der Waals surface area (Å²) in [6, 6.07) is 0. The van der Waals surface area contributed by atoms with Gasteiger partial charge in [0.05, 0.1) is 12.4 Å². The van der Waals surface area contributed by atoms with Gasteiger partial charge in [0, 0.05) is 0 Å². The van der Waals surface area contributed by atoms with E-state index in [2.05, 4.69) is 51.5 Å². The molecule has 0 spiro atoms. The van der Waals surface area contributed by atoms with Crippen molar-refractivity contribution in [3.8, 4) is 0 Å². The second kappa shape index (κ2) is 3.93. The summed E-state index contributed by atoms with van der Waals surface area (Å²) in [7, 11) is 0. The van der Waals surface area contributed by atoms with Gasteiger partial charge in [0.1, 0.15) is 0 Å². The van der Waals surface area contributed by atoms with Gasteiger partial charge >= 0.3 is 0 Å². The first-order chi connectivity index (χ1) is 6.95. The Morgan fingerprint density at radius 2 is 1.21 bits per heavy atom. The van der Waals surface area contributed by atoms with E-state index in [1.54, 1.807) is 0 Å². The molecule has 10 heteroatoms. The van der Waals surface area contributed by atoms with Crippen molar-refractivity contribution in [2.45, 2.75) is 0 Å². The summed E-state index contributed by atoms with van der Waals surface area (Å²) in [5.41, 5.74) is 0. The van der Waals surface area contributed by atoms with Crippen molar-refractivity contribution in [2.24, 2.45) is 10.2 Å². The van der Waals surface area contributed by atoms with Crippen LogP contribution >= 0.6 is 0 Å². The fraction of sp³-hybridized carbons (Fsp3) is 0. The van der Waals surface area contributed by atoms with Crippen LogP contribution in [0.25, 0.3) is 0 Å². The van der Waals surface area contributed by atoms with Crippen LogP contribution in [0.5, 0.6) is 0 Å². The monoisotopic (exact) mass is 190 g/mol. The van der Waals surface area contributed by atoms with Gasteiger partial charge in [-0.3, -0.25) is 0 Å². The van der Waals surface area contributed by atoms with E-state index >= 15 is 0 Å². The predicted octanol–water partition coefficient (Wildman–Crippen LogP) is -0.738. The van der Waals surface area contributed by atoms with E-state index < -0.39 is 0 Å². The lowest BCUT2D eigenvalue weighted by atomic mass is 10.8. The number of azo groups is 1. The summed E-state index contributed by atoms with van der Waals surface area (Å²) < 4.78 is 0. The molecule has 0 bridgehead atoms. The van der Waals surface area contributed by atoms with Crippen molar-refractivity contribution in [3.63, 3.8) is 0 Å². The molecule has 10 nitrogen and oxygen atoms in total. The molecule has 2 rings (SSSR count). The highest BCUT2D eigenvalue weighted by Crippen LogP contribution is 2.08. The maximum absolute atomic E-state index is 3.66. The Kier molecular flexibility index (Phi) is 2.27. The first-order valence-electron chi connectivity index (χ1n) is 3.39. The molecule has 0 saturated heterocycles. The van der Waals surface area contributed by atoms with E-state index in [9.17, 15) is 0 Å². The highest BCUT2D eigenvalue weighted by atomic mass is 15.5. The second-order valence-corrected chi connectivity index (χ2v) is 1.96. The van der Waals surface area contributed by atoms with Gasteiger partial charge in [-0.15, -0.1) is 30.6 Å². The Labute approximate surface area is 76.5 Å². The number of aromatic nitrogens is 8. The first kappa shape index (κ1) is 8.10. The summed E-state index contributed by atoms with van der Waals surface area (Å²) in [6.07, 6.45) is 2.61. The van der Waals surface area contributed by atoms with E-state index in [4.69, 9.17) is 0 Å². The number of hydrogen-bond acceptors (Lipinski definition) is 10. The number of rotatable bonds is 2. The van der Waals surface area contributed by atoms with E-state index in [1.165, 1.54) is 12.4 Å². The molecule has 0 N–H and O–H groups in total. The lowest BCUT2D eigenvalue weighted by Crippen LogP contribution is -1.89. The summed E-state index contributed by atoms with van der Waals surface area (Å²) in [5, 5.41) is 34.3. The van der Waals surface area contributed by atoms with Crippen molar-refractivity contribution >= 4 is 11.6 Å². The smallest absolute Gasteiger partial charge is 0.133 e. The van der Waals surface area contributed by atoms with Gasteiger partial charge in [-0.2, -0.15) is 0 Å². The normalized spacial score (nSPS) is 10.6. The van der Waals surface area contributed by atoms with Gasteiger partial charge in [0.2, 0.25) is 11.6 Å². The van der Waals surface area contributed by atoms with Gasteiger partial charge in [-0.1, -0.05) is 0 Å². The average Bonchev–Trinajstić information content (AvgIpc) is 2.29. The molecule has 2 aromatic heterocycles. The molecule has 0 atom stereocenters. The molecule has 0 aliphatic rings.